The van der Waals surface area contributed by atoms with E-state index in [4.69, 9.17) is 29.9 Å². The van der Waals surface area contributed by atoms with Gasteiger partial charge in [-0.05, 0) is 6.07 Å². The number of diazo groups is 1. The van der Waals surface area contributed by atoms with Crippen LogP contribution in [0.4, 0.5) is 5.69 Å². The molecule has 0 amide bonds. The Bertz CT molecular complexity index is 2500. The number of nitrogens with one attached hydrogen (secondary N) is 2. The number of rotatable bonds is 0. The third kappa shape index (κ3) is 3.68. The summed E-state index contributed by atoms with van der Waals surface area (Å²) in [5.74, 6) is 2.07. The van der Waals surface area contributed by atoms with Gasteiger partial charge in [0.25, 0.3) is 0 Å². The van der Waals surface area contributed by atoms with Crippen LogP contribution in [0.3, 0.4) is 0 Å². The summed E-state index contributed by atoms with van der Waals surface area (Å²) in [5.41, 5.74) is 6.08. The minimum atomic E-state index is 0. The van der Waals surface area contributed by atoms with Gasteiger partial charge in [0.1, 0.15) is 28.0 Å². The molecule has 10 nitrogen and oxygen atoms in total. The Morgan fingerprint density at radius 2 is 0.837 bits per heavy atom. The summed E-state index contributed by atoms with van der Waals surface area (Å²) in [6, 6.07) is 29.2. The van der Waals surface area contributed by atoms with Crippen molar-refractivity contribution in [2.24, 2.45) is 0 Å². The second-order valence-electron chi connectivity index (χ2n) is 10.0. The van der Waals surface area contributed by atoms with E-state index in [1.165, 1.54) is 0 Å². The molecule has 8 bridgehead atoms. The summed E-state index contributed by atoms with van der Waals surface area (Å²) in [6.45, 7) is 0. The predicted octanol–water partition coefficient (Wildman–Crippen LogP) is 7.35. The van der Waals surface area contributed by atoms with Crippen LogP contribution in [0.1, 0.15) is 0 Å². The van der Waals surface area contributed by atoms with Crippen LogP contribution in [0.15, 0.2) is 91.0 Å². The predicted molar refractivity (Wildman–Crippen MR) is 161 cm³/mol. The van der Waals surface area contributed by atoms with Gasteiger partial charge in [0.05, 0.1) is 0 Å². The number of hydrogen-bond acceptors (Lipinski definition) is 7. The Morgan fingerprint density at radius 1 is 0.442 bits per heavy atom. The van der Waals surface area contributed by atoms with Crippen LogP contribution in [0.25, 0.3) is 94.7 Å². The van der Waals surface area contributed by atoms with Crippen molar-refractivity contribution in [1.29, 1.82) is 5.39 Å². The van der Waals surface area contributed by atoms with Crippen molar-refractivity contribution in [3.63, 3.8) is 0 Å². The van der Waals surface area contributed by atoms with Gasteiger partial charge in [-0.3, -0.25) is 0 Å². The molecule has 0 atom stereocenters. The van der Waals surface area contributed by atoms with Gasteiger partial charge < -0.3 is 9.97 Å². The van der Waals surface area contributed by atoms with Crippen molar-refractivity contribution >= 4 is 49.8 Å². The molecule has 0 fully saturated rings. The maximum atomic E-state index is 9.87. The molecule has 7 aromatic rings. The van der Waals surface area contributed by atoms with Crippen LogP contribution >= 0.6 is 0 Å². The first kappa shape index (κ1) is 24.9. The molecule has 43 heavy (non-hydrogen) atoms. The molecule has 205 valence electrons. The quantitative estimate of drug-likeness (QED) is 0.136. The first-order valence-corrected chi connectivity index (χ1v) is 13.3. The van der Waals surface area contributed by atoms with Crippen LogP contribution in [0, 0.1) is 5.39 Å². The zero-order valence-electron chi connectivity index (χ0n) is 22.0. The Balaban J connectivity index is 0.00000278. The Hall–Kier alpha value is -5.82. The second-order valence-corrected chi connectivity index (χ2v) is 10.0. The number of fused-ring (bicyclic) bond motifs is 20. The number of aromatic nitrogens is 8. The molecule has 1 radical (unpaired) electrons. The van der Waals surface area contributed by atoms with E-state index in [1.807, 2.05) is 84.9 Å². The van der Waals surface area contributed by atoms with E-state index < -0.39 is 0 Å². The molecule has 5 heterocycles. The van der Waals surface area contributed by atoms with Crippen molar-refractivity contribution in [2.75, 3.05) is 0 Å². The fourth-order valence-electron chi connectivity index (χ4n) is 5.76. The van der Waals surface area contributed by atoms with E-state index in [0.29, 0.717) is 57.0 Å². The van der Waals surface area contributed by atoms with Gasteiger partial charge in [-0.2, -0.15) is 0 Å². The fraction of sp³-hybridized carbons (Fsp3) is 0. The van der Waals surface area contributed by atoms with Crippen molar-refractivity contribution in [2.45, 2.75) is 0 Å². The minimum absolute atomic E-state index is 0. The van der Waals surface area contributed by atoms with Crippen LogP contribution in [0.2, 0.25) is 0 Å². The summed E-state index contributed by atoms with van der Waals surface area (Å²) in [5, 5.41) is 13.1. The zero-order chi connectivity index (χ0) is 27.8. The molecule has 0 spiro atoms. The first-order chi connectivity index (χ1) is 20.7. The molecule has 0 saturated carbocycles. The van der Waals surface area contributed by atoms with E-state index in [2.05, 4.69) is 14.9 Å². The number of nitrogens with zero attached hydrogens (tertiary/aromatic N) is 8. The molecule has 0 saturated heterocycles. The van der Waals surface area contributed by atoms with Crippen LogP contribution in [0.5, 0.6) is 0 Å². The average molecular weight is 605 g/mol. The fourth-order valence-corrected chi connectivity index (χ4v) is 5.76. The normalized spacial score (nSPS) is 11.5. The van der Waals surface area contributed by atoms with Crippen molar-refractivity contribution in [3.05, 3.63) is 96.0 Å². The largest absolute Gasteiger partial charge is 0.396 e. The molecule has 2 N–H and O–H groups in total. The third-order valence-corrected chi connectivity index (χ3v) is 7.67. The van der Waals surface area contributed by atoms with Crippen LogP contribution in [-0.4, -0.2) is 39.9 Å². The molecule has 0 unspecified atom stereocenters. The number of hydrogen-bond donors (Lipinski definition) is 2. The summed E-state index contributed by atoms with van der Waals surface area (Å²) >= 11 is 0. The molecular weight excluding hydrogens is 588 g/mol. The van der Waals surface area contributed by atoms with Crippen LogP contribution in [-0.2, 0) is 17.1 Å². The maximum absolute atomic E-state index is 9.87. The summed E-state index contributed by atoms with van der Waals surface area (Å²) in [7, 11) is 0. The standard InChI is InChI=1S/C32H16N10.Cu/c33-42-23-15-7-14-22-24(23)32-40-30-21-13-6-5-12-20(21)28(38-30)36-26-17-9-2-1-8-16(17)25(34-26)35-27-18-10-3-4-11-19(18)29(37-27)39-31(22)41-32;/h1-15,33H;/p+1. The van der Waals surface area contributed by atoms with Gasteiger partial charge in [-0.15, -0.1) is 0 Å². The van der Waals surface area contributed by atoms with Gasteiger partial charge in [0.2, 0.25) is 5.39 Å². The summed E-state index contributed by atoms with van der Waals surface area (Å²) in [6.07, 6.45) is 0. The Labute approximate surface area is 253 Å². The first-order valence-electron chi connectivity index (χ1n) is 13.3. The summed E-state index contributed by atoms with van der Waals surface area (Å²) in [4.78, 5) is 40.0. The minimum Gasteiger partial charge on any atom is -0.324 e. The molecular formula is C32H17CuN10+. The number of benzene rings is 4. The molecule has 4 aromatic carbocycles. The van der Waals surface area contributed by atoms with E-state index in [1.54, 1.807) is 6.07 Å². The number of H-pyrrole nitrogens is 2. The Kier molecular flexibility index (Phi) is 5.43. The van der Waals surface area contributed by atoms with Gasteiger partial charge in [-0.1, -0.05) is 78.9 Å². The van der Waals surface area contributed by atoms with E-state index >= 15 is 0 Å². The van der Waals surface area contributed by atoms with Gasteiger partial charge in [-0.25, -0.2) is 29.9 Å². The maximum Gasteiger partial charge on any atom is 0.396 e. The molecule has 9 rings (SSSR count). The smallest absolute Gasteiger partial charge is 0.324 e. The SMILES string of the molecule is N#[N+]c1cccc2c3nc4nc(nc5[nH]c(nc6nc(nc([nH]3)c12)-c1ccccc1-6)c1ccccc51)-c1ccccc1-4.[Cu]. The van der Waals surface area contributed by atoms with Crippen LogP contribution < -0.4 is 0 Å². The Morgan fingerprint density at radius 3 is 1.33 bits per heavy atom. The molecule has 2 aliphatic rings. The average Bonchev–Trinajstić information content (AvgIpc) is 3.76. The van der Waals surface area contributed by atoms with Crippen molar-refractivity contribution in [3.8, 4) is 45.6 Å². The van der Waals surface area contributed by atoms with E-state index in [0.717, 1.165) is 38.4 Å². The third-order valence-electron chi connectivity index (χ3n) is 7.67. The second kappa shape index (κ2) is 9.36. The molecule has 2 aliphatic heterocycles. The van der Waals surface area contributed by atoms with Gasteiger partial charge in [0, 0.05) is 61.5 Å². The van der Waals surface area contributed by atoms with Gasteiger partial charge in [0.15, 0.2) is 28.3 Å². The molecule has 0 aliphatic carbocycles. The monoisotopic (exact) mass is 604 g/mol. The zero-order valence-corrected chi connectivity index (χ0v) is 23.0. The van der Waals surface area contributed by atoms with Crippen molar-refractivity contribution < 1.29 is 17.1 Å². The topological polar surface area (TPSA) is 137 Å². The summed E-state index contributed by atoms with van der Waals surface area (Å²) < 4.78 is 0. The van der Waals surface area contributed by atoms with E-state index in [9.17, 15) is 5.39 Å². The van der Waals surface area contributed by atoms with Gasteiger partial charge >= 0.3 is 5.69 Å². The number of aromatic amines is 2. The van der Waals surface area contributed by atoms with E-state index in [-0.39, 0.29) is 17.1 Å². The van der Waals surface area contributed by atoms with Crippen molar-refractivity contribution in [1.82, 2.24) is 39.9 Å². The molecule has 11 heteroatoms. The molecule has 3 aromatic heterocycles.